The minimum absolute atomic E-state index is 0. The number of nitrogens with one attached hydrogen (secondary N) is 2. The molecule has 2 aromatic carbocycles. The molecule has 0 unspecified atom stereocenters. The van der Waals surface area contributed by atoms with Crippen molar-refractivity contribution < 1.29 is 16.8 Å². The van der Waals surface area contributed by atoms with Gasteiger partial charge in [-0.05, 0) is 55.0 Å². The Hall–Kier alpha value is -4.59. The topological polar surface area (TPSA) is 94.2 Å². The fourth-order valence-electron chi connectivity index (χ4n) is 3.74. The van der Waals surface area contributed by atoms with Crippen molar-refractivity contribution in [3.05, 3.63) is 84.4 Å². The third-order valence-corrected chi connectivity index (χ3v) is 5.56. The Balaban J connectivity index is 0.00000180. The summed E-state index contributed by atoms with van der Waals surface area (Å²) in [5.41, 5.74) is 5.08. The quantitative estimate of drug-likeness (QED) is 0.328. The predicted octanol–water partition coefficient (Wildman–Crippen LogP) is 5.92. The standard InChI is InChI=1S/C26H23N5O3.2H2/c1-16-6-7-17(13-20(16)24-5-4-12-33-24)29-26-30-21-14-18(8-9-23(21)31(26)3)34-19-10-11-28-22(15-19)25(32)27-2;;/h4-15H,1-3H3,(H,27,32)(H,29,30);2*1H. The molecule has 0 aliphatic heterocycles. The predicted molar refractivity (Wildman–Crippen MR) is 135 cm³/mol. The lowest BCUT2D eigenvalue weighted by atomic mass is 10.1. The van der Waals surface area contributed by atoms with Gasteiger partial charge < -0.3 is 24.4 Å². The van der Waals surface area contributed by atoms with E-state index >= 15 is 0 Å². The molecule has 3 aromatic heterocycles. The maximum atomic E-state index is 11.8. The number of nitrogens with zero attached hydrogens (tertiary/aromatic N) is 3. The van der Waals surface area contributed by atoms with Gasteiger partial charge in [0.15, 0.2) is 0 Å². The molecule has 34 heavy (non-hydrogen) atoms. The van der Waals surface area contributed by atoms with Gasteiger partial charge in [0.25, 0.3) is 5.91 Å². The third kappa shape index (κ3) is 4.09. The molecule has 5 rings (SSSR count). The molecule has 3 heterocycles. The first kappa shape index (κ1) is 21.3. The number of anilines is 2. The molecule has 0 spiro atoms. The number of fused-ring (bicyclic) bond motifs is 1. The number of pyridine rings is 1. The summed E-state index contributed by atoms with van der Waals surface area (Å²) in [4.78, 5) is 20.7. The molecule has 0 radical (unpaired) electrons. The Labute approximate surface area is 199 Å². The highest BCUT2D eigenvalue weighted by molar-refractivity contribution is 5.92. The number of ether oxygens (including phenoxy) is 1. The summed E-state index contributed by atoms with van der Waals surface area (Å²) >= 11 is 0. The number of carbonyl (C=O) groups excluding carboxylic acids is 1. The van der Waals surface area contributed by atoms with E-state index in [9.17, 15) is 4.79 Å². The van der Waals surface area contributed by atoms with E-state index in [1.807, 2.05) is 48.0 Å². The second-order valence-electron chi connectivity index (χ2n) is 7.83. The monoisotopic (exact) mass is 457 g/mol. The molecule has 0 saturated heterocycles. The fourth-order valence-corrected chi connectivity index (χ4v) is 3.74. The van der Waals surface area contributed by atoms with Gasteiger partial charge in [-0.3, -0.25) is 9.78 Å². The molecule has 0 aliphatic rings. The van der Waals surface area contributed by atoms with E-state index in [-0.39, 0.29) is 14.5 Å². The summed E-state index contributed by atoms with van der Waals surface area (Å²) in [5.74, 6) is 2.39. The Morgan fingerprint density at radius 3 is 2.74 bits per heavy atom. The summed E-state index contributed by atoms with van der Waals surface area (Å²) < 4.78 is 13.5. The van der Waals surface area contributed by atoms with E-state index in [1.165, 1.54) is 0 Å². The van der Waals surface area contributed by atoms with Crippen LogP contribution in [0.15, 0.2) is 77.5 Å². The van der Waals surface area contributed by atoms with Crippen LogP contribution in [0.1, 0.15) is 18.9 Å². The van der Waals surface area contributed by atoms with Gasteiger partial charge in [0, 0.05) is 46.5 Å². The van der Waals surface area contributed by atoms with Gasteiger partial charge in [-0.15, -0.1) is 0 Å². The van der Waals surface area contributed by atoms with E-state index in [2.05, 4.69) is 34.7 Å². The van der Waals surface area contributed by atoms with Gasteiger partial charge in [0.05, 0.1) is 17.3 Å². The maximum Gasteiger partial charge on any atom is 0.269 e. The molecular formula is C26H27N5O3. The Morgan fingerprint density at radius 2 is 1.94 bits per heavy atom. The molecule has 0 aliphatic carbocycles. The van der Waals surface area contributed by atoms with E-state index < -0.39 is 0 Å². The average Bonchev–Trinajstić information content (AvgIpc) is 3.48. The van der Waals surface area contributed by atoms with Gasteiger partial charge in [-0.1, -0.05) is 6.07 Å². The second-order valence-corrected chi connectivity index (χ2v) is 7.83. The molecule has 0 saturated carbocycles. The minimum Gasteiger partial charge on any atom is -0.464 e. The van der Waals surface area contributed by atoms with Crippen LogP contribution in [0.25, 0.3) is 22.4 Å². The van der Waals surface area contributed by atoms with Crippen molar-refractivity contribution in [2.45, 2.75) is 6.92 Å². The van der Waals surface area contributed by atoms with Crippen LogP contribution in [-0.2, 0) is 7.05 Å². The van der Waals surface area contributed by atoms with E-state index in [4.69, 9.17) is 14.1 Å². The highest BCUT2D eigenvalue weighted by atomic mass is 16.5. The molecule has 2 N–H and O–H groups in total. The Kier molecular flexibility index (Phi) is 5.47. The first-order valence-corrected chi connectivity index (χ1v) is 10.8. The number of imidazole rings is 1. The van der Waals surface area contributed by atoms with Crippen molar-refractivity contribution in [2.75, 3.05) is 12.4 Å². The third-order valence-electron chi connectivity index (χ3n) is 5.56. The summed E-state index contributed by atoms with van der Waals surface area (Å²) in [5, 5.41) is 5.96. The number of aromatic nitrogens is 3. The van der Waals surface area contributed by atoms with Gasteiger partial charge in [-0.25, -0.2) is 4.98 Å². The largest absolute Gasteiger partial charge is 0.464 e. The summed E-state index contributed by atoms with van der Waals surface area (Å²) in [6, 6.07) is 18.9. The lowest BCUT2D eigenvalue weighted by molar-refractivity contribution is 0.0958. The van der Waals surface area contributed by atoms with Crippen LogP contribution in [0.5, 0.6) is 11.5 Å². The van der Waals surface area contributed by atoms with Gasteiger partial charge >= 0.3 is 0 Å². The zero-order valence-electron chi connectivity index (χ0n) is 19.0. The zero-order chi connectivity index (χ0) is 23.7. The molecule has 5 aromatic rings. The number of carbonyl (C=O) groups is 1. The number of hydrogen-bond donors (Lipinski definition) is 2. The molecular weight excluding hydrogens is 430 g/mol. The molecule has 0 bridgehead atoms. The van der Waals surface area contributed by atoms with Crippen LogP contribution >= 0.6 is 0 Å². The number of amides is 1. The highest BCUT2D eigenvalue weighted by Gasteiger charge is 2.12. The first-order chi connectivity index (χ1) is 16.5. The normalized spacial score (nSPS) is 10.9. The lowest BCUT2D eigenvalue weighted by Gasteiger charge is -2.09. The first-order valence-electron chi connectivity index (χ1n) is 10.8. The van der Waals surface area contributed by atoms with Crippen molar-refractivity contribution in [3.8, 4) is 22.8 Å². The number of furan rings is 1. The molecule has 8 nitrogen and oxygen atoms in total. The Bertz CT molecular complexity index is 1500. The van der Waals surface area contributed by atoms with Crippen molar-refractivity contribution >= 4 is 28.6 Å². The van der Waals surface area contributed by atoms with Crippen molar-refractivity contribution in [2.24, 2.45) is 7.05 Å². The summed E-state index contributed by atoms with van der Waals surface area (Å²) in [7, 11) is 3.52. The van der Waals surface area contributed by atoms with Gasteiger partial charge in [0.2, 0.25) is 5.95 Å². The minimum atomic E-state index is -0.271. The van der Waals surface area contributed by atoms with Crippen molar-refractivity contribution in [1.82, 2.24) is 19.9 Å². The highest BCUT2D eigenvalue weighted by Crippen LogP contribution is 2.31. The van der Waals surface area contributed by atoms with Crippen LogP contribution in [-0.4, -0.2) is 27.5 Å². The number of rotatable bonds is 6. The second kappa shape index (κ2) is 8.74. The number of hydrogen-bond acceptors (Lipinski definition) is 6. The van der Waals surface area contributed by atoms with Crippen LogP contribution in [0.4, 0.5) is 11.6 Å². The SMILES string of the molecule is CNC(=O)c1cc(Oc2ccc3c(c2)nc(Nc2ccc(C)c(-c4ccco4)c2)n3C)ccn1.[HH].[HH]. The van der Waals surface area contributed by atoms with Crippen LogP contribution in [0.3, 0.4) is 0 Å². The molecule has 0 atom stereocenters. The average molecular weight is 458 g/mol. The Morgan fingerprint density at radius 1 is 1.09 bits per heavy atom. The number of benzene rings is 2. The van der Waals surface area contributed by atoms with E-state index in [0.717, 1.165) is 33.6 Å². The van der Waals surface area contributed by atoms with Crippen LogP contribution in [0.2, 0.25) is 0 Å². The number of aryl methyl sites for hydroxylation is 2. The zero-order valence-corrected chi connectivity index (χ0v) is 19.0. The van der Waals surface area contributed by atoms with Crippen LogP contribution < -0.4 is 15.4 Å². The van der Waals surface area contributed by atoms with Crippen molar-refractivity contribution in [1.29, 1.82) is 0 Å². The lowest BCUT2D eigenvalue weighted by Crippen LogP contribution is -2.18. The van der Waals surface area contributed by atoms with E-state index in [0.29, 0.717) is 17.4 Å². The smallest absolute Gasteiger partial charge is 0.269 e. The molecule has 1 amide bonds. The van der Waals surface area contributed by atoms with E-state index in [1.54, 1.807) is 31.6 Å². The van der Waals surface area contributed by atoms with Crippen LogP contribution in [0, 0.1) is 6.92 Å². The summed E-state index contributed by atoms with van der Waals surface area (Å²) in [6.07, 6.45) is 3.21. The molecule has 0 fully saturated rings. The van der Waals surface area contributed by atoms with Gasteiger partial charge in [0.1, 0.15) is 23.0 Å². The molecule has 8 heteroatoms. The maximum absolute atomic E-state index is 11.8. The fraction of sp³-hybridized carbons (Fsp3) is 0.115. The van der Waals surface area contributed by atoms with Gasteiger partial charge in [-0.2, -0.15) is 0 Å². The molecule has 174 valence electrons. The van der Waals surface area contributed by atoms with Crippen molar-refractivity contribution in [3.63, 3.8) is 0 Å². The summed E-state index contributed by atoms with van der Waals surface area (Å²) in [6.45, 7) is 2.05.